The van der Waals surface area contributed by atoms with E-state index in [2.05, 4.69) is 6.92 Å². The van der Waals surface area contributed by atoms with Crippen LogP contribution < -0.4 is 9.30 Å². The molecule has 1 saturated carbocycles. The van der Waals surface area contributed by atoms with Crippen LogP contribution in [0.25, 0.3) is 11.4 Å². The summed E-state index contributed by atoms with van der Waals surface area (Å²) in [6.07, 6.45) is 7.42. The second kappa shape index (κ2) is 8.29. The van der Waals surface area contributed by atoms with E-state index in [1.54, 1.807) is 6.92 Å². The minimum atomic E-state index is -0.554. The molecule has 3 N–H and O–H groups in total. The summed E-state index contributed by atoms with van der Waals surface area (Å²) in [5.41, 5.74) is 1.05. The third-order valence-electron chi connectivity index (χ3n) is 5.78. The van der Waals surface area contributed by atoms with Crippen LogP contribution in [0.1, 0.15) is 69.3 Å². The Balaban J connectivity index is 2.18. The molecule has 7 nitrogen and oxygen atoms in total. The molecule has 0 unspecified atom stereocenters. The lowest BCUT2D eigenvalue weighted by molar-refractivity contribution is -0.667. The molecule has 0 radical (unpaired) electrons. The Kier molecular flexibility index (Phi) is 6.01. The first-order valence-electron chi connectivity index (χ1n) is 10.2. The lowest BCUT2D eigenvalue weighted by atomic mass is 9.95. The Morgan fingerprint density at radius 3 is 2.39 bits per heavy atom. The molecule has 3 rings (SSSR count). The van der Waals surface area contributed by atoms with Gasteiger partial charge in [-0.25, -0.2) is 4.57 Å². The van der Waals surface area contributed by atoms with E-state index in [4.69, 9.17) is 9.84 Å². The highest BCUT2D eigenvalue weighted by Crippen LogP contribution is 2.51. The van der Waals surface area contributed by atoms with Gasteiger partial charge in [0.25, 0.3) is 11.6 Å². The smallest absolute Gasteiger partial charge is 0.274 e. The molecule has 1 aromatic heterocycles. The van der Waals surface area contributed by atoms with Crippen molar-refractivity contribution in [3.63, 3.8) is 0 Å². The van der Waals surface area contributed by atoms with Crippen LogP contribution in [0.4, 0.5) is 0 Å². The molecule has 7 heteroatoms. The minimum absolute atomic E-state index is 0.216. The SMILES string of the molecule is CCCCOc1c(C)c(-c2n(C3CCCCC3)nc(C)[n+]2C)c(O)c(O)c1O. The number of hydrogen-bond acceptors (Lipinski definition) is 5. The number of benzene rings is 1. The fourth-order valence-corrected chi connectivity index (χ4v) is 4.02. The Labute approximate surface area is 166 Å². The van der Waals surface area contributed by atoms with Crippen LogP contribution in [0.15, 0.2) is 0 Å². The molecular weight excluding hydrogens is 358 g/mol. The van der Waals surface area contributed by atoms with Crippen molar-refractivity contribution < 1.29 is 24.6 Å². The summed E-state index contributed by atoms with van der Waals surface area (Å²) in [6.45, 7) is 6.21. The van der Waals surface area contributed by atoms with Crippen molar-refractivity contribution in [2.45, 2.75) is 71.8 Å². The average Bonchev–Trinajstić information content (AvgIpc) is 2.99. The van der Waals surface area contributed by atoms with E-state index in [0.29, 0.717) is 17.7 Å². The molecule has 1 aliphatic carbocycles. The zero-order chi connectivity index (χ0) is 20.4. The van der Waals surface area contributed by atoms with Gasteiger partial charge in [-0.3, -0.25) is 0 Å². The molecule has 0 atom stereocenters. The molecule has 1 aromatic carbocycles. The molecule has 28 heavy (non-hydrogen) atoms. The average molecular weight is 391 g/mol. The van der Waals surface area contributed by atoms with Gasteiger partial charge in [0.1, 0.15) is 11.6 Å². The topological polar surface area (TPSA) is 91.6 Å². The van der Waals surface area contributed by atoms with Gasteiger partial charge in [-0.2, -0.15) is 0 Å². The van der Waals surface area contributed by atoms with Crippen molar-refractivity contribution in [3.05, 3.63) is 11.4 Å². The van der Waals surface area contributed by atoms with Crippen molar-refractivity contribution in [1.82, 2.24) is 9.78 Å². The molecule has 0 amide bonds. The van der Waals surface area contributed by atoms with E-state index in [1.165, 1.54) is 6.42 Å². The first-order chi connectivity index (χ1) is 13.4. The molecule has 0 saturated heterocycles. The van der Waals surface area contributed by atoms with Crippen LogP contribution in [0.2, 0.25) is 0 Å². The third kappa shape index (κ3) is 3.50. The molecule has 0 aliphatic heterocycles. The number of aryl methyl sites for hydroxylation is 1. The van der Waals surface area contributed by atoms with Crippen LogP contribution in [-0.2, 0) is 7.05 Å². The zero-order valence-electron chi connectivity index (χ0n) is 17.3. The van der Waals surface area contributed by atoms with Gasteiger partial charge in [0.05, 0.1) is 13.7 Å². The largest absolute Gasteiger partial charge is 0.504 e. The second-order valence-corrected chi connectivity index (χ2v) is 7.74. The number of hydrogen-bond donors (Lipinski definition) is 3. The molecule has 0 bridgehead atoms. The number of phenolic OH excluding ortho intramolecular Hbond substituents is 3. The van der Waals surface area contributed by atoms with E-state index >= 15 is 0 Å². The minimum Gasteiger partial charge on any atom is -0.504 e. The fraction of sp³-hybridized carbons (Fsp3) is 0.619. The lowest BCUT2D eigenvalue weighted by Gasteiger charge is -2.20. The number of ether oxygens (including phenoxy) is 1. The lowest BCUT2D eigenvalue weighted by Crippen LogP contribution is -2.33. The number of rotatable bonds is 6. The van der Waals surface area contributed by atoms with Gasteiger partial charge in [0.2, 0.25) is 11.5 Å². The van der Waals surface area contributed by atoms with Crippen LogP contribution in [-0.4, -0.2) is 31.7 Å². The number of aromatic hydroxyl groups is 3. The van der Waals surface area contributed by atoms with Crippen LogP contribution >= 0.6 is 0 Å². The van der Waals surface area contributed by atoms with Crippen LogP contribution in [0, 0.1) is 13.8 Å². The summed E-state index contributed by atoms with van der Waals surface area (Å²) in [6, 6.07) is 0.253. The van der Waals surface area contributed by atoms with E-state index in [-0.39, 0.29) is 17.5 Å². The maximum atomic E-state index is 10.7. The monoisotopic (exact) mass is 390 g/mol. The van der Waals surface area contributed by atoms with E-state index in [0.717, 1.165) is 50.2 Å². The molecule has 2 aromatic rings. The highest BCUT2D eigenvalue weighted by molar-refractivity contribution is 5.78. The zero-order valence-corrected chi connectivity index (χ0v) is 17.3. The molecule has 0 spiro atoms. The van der Waals surface area contributed by atoms with Crippen molar-refractivity contribution in [2.24, 2.45) is 7.05 Å². The Morgan fingerprint density at radius 1 is 1.07 bits per heavy atom. The maximum Gasteiger partial charge on any atom is 0.274 e. The van der Waals surface area contributed by atoms with Crippen LogP contribution in [0.5, 0.6) is 23.0 Å². The van der Waals surface area contributed by atoms with Crippen molar-refractivity contribution in [1.29, 1.82) is 0 Å². The highest BCUT2D eigenvalue weighted by atomic mass is 16.5. The van der Waals surface area contributed by atoms with Gasteiger partial charge in [0.15, 0.2) is 11.5 Å². The van der Waals surface area contributed by atoms with Crippen molar-refractivity contribution in [2.75, 3.05) is 6.61 Å². The van der Waals surface area contributed by atoms with Gasteiger partial charge in [-0.05, 0) is 39.0 Å². The van der Waals surface area contributed by atoms with Gasteiger partial charge < -0.3 is 20.1 Å². The first kappa shape index (κ1) is 20.3. The van der Waals surface area contributed by atoms with Gasteiger partial charge in [-0.1, -0.05) is 19.8 Å². The molecule has 154 valence electrons. The summed E-state index contributed by atoms with van der Waals surface area (Å²) >= 11 is 0. The van der Waals surface area contributed by atoms with Crippen LogP contribution in [0.3, 0.4) is 0 Å². The quantitative estimate of drug-likeness (QED) is 0.396. The van der Waals surface area contributed by atoms with E-state index < -0.39 is 11.5 Å². The summed E-state index contributed by atoms with van der Waals surface area (Å²) in [4.78, 5) is 0. The molecule has 1 aliphatic rings. The third-order valence-corrected chi connectivity index (χ3v) is 5.78. The highest BCUT2D eigenvalue weighted by Gasteiger charge is 2.35. The van der Waals surface area contributed by atoms with Gasteiger partial charge in [0, 0.05) is 17.6 Å². The Morgan fingerprint density at radius 2 is 1.75 bits per heavy atom. The van der Waals surface area contributed by atoms with Crippen molar-refractivity contribution in [3.8, 4) is 34.4 Å². The number of phenols is 3. The van der Waals surface area contributed by atoms with Gasteiger partial charge in [-0.15, -0.1) is 4.68 Å². The normalized spacial score (nSPS) is 15.1. The number of nitrogens with zero attached hydrogens (tertiary/aromatic N) is 3. The standard InChI is InChI=1S/C21H31N3O4/c1-5-6-12-28-20-13(2)16(17(25)18(26)19(20)27)21-23(4)14(3)22-24(21)15-10-8-7-9-11-15/h15H,5-12H2,1-4H3,(H2,25,26,27)/p+1. The number of aromatic nitrogens is 3. The molecule has 1 heterocycles. The fourth-order valence-electron chi connectivity index (χ4n) is 4.02. The van der Waals surface area contributed by atoms with E-state index in [1.807, 2.05) is 23.2 Å². The Hall–Kier alpha value is -2.44. The Bertz CT molecular complexity index is 854. The van der Waals surface area contributed by atoms with Crippen molar-refractivity contribution >= 4 is 0 Å². The summed E-state index contributed by atoms with van der Waals surface area (Å²) in [5.74, 6) is 0.438. The summed E-state index contributed by atoms with van der Waals surface area (Å²) in [7, 11) is 1.90. The molecular formula is C21H32N3O4+. The number of unbranched alkanes of at least 4 members (excludes halogenated alkanes) is 1. The molecule has 1 fully saturated rings. The summed E-state index contributed by atoms with van der Waals surface area (Å²) < 4.78 is 9.67. The maximum absolute atomic E-state index is 10.7. The first-order valence-corrected chi connectivity index (χ1v) is 10.2. The predicted molar refractivity (Wildman–Crippen MR) is 106 cm³/mol. The van der Waals surface area contributed by atoms with E-state index in [9.17, 15) is 15.3 Å². The second-order valence-electron chi connectivity index (χ2n) is 7.74. The predicted octanol–water partition coefficient (Wildman–Crippen LogP) is 3.79. The summed E-state index contributed by atoms with van der Waals surface area (Å²) in [5, 5.41) is 36.2. The van der Waals surface area contributed by atoms with Gasteiger partial charge >= 0.3 is 0 Å².